The average Bonchev–Trinajstić information content (AvgIpc) is 3.60. The smallest absolute Gasteiger partial charge is 0.235 e. The lowest BCUT2D eigenvalue weighted by Gasteiger charge is -2.22. The first-order chi connectivity index (χ1) is 23.6. The summed E-state index contributed by atoms with van der Waals surface area (Å²) in [5.74, 6) is 0.677. The Hall–Kier alpha value is -6.06. The molecule has 1 aliphatic carbocycles. The highest BCUT2D eigenvalue weighted by molar-refractivity contribution is 6.21. The van der Waals surface area contributed by atoms with Crippen LogP contribution in [0, 0.1) is 0 Å². The molecule has 1 aliphatic rings. The summed E-state index contributed by atoms with van der Waals surface area (Å²) >= 11 is 0. The molecular formula is C45H31N3. The van der Waals surface area contributed by atoms with Crippen LogP contribution >= 0.6 is 0 Å². The molecular weight excluding hydrogens is 583 g/mol. The van der Waals surface area contributed by atoms with Crippen LogP contribution in [0.4, 0.5) is 0 Å². The lowest BCUT2D eigenvalue weighted by molar-refractivity contribution is 0.660. The van der Waals surface area contributed by atoms with Crippen LogP contribution in [0.3, 0.4) is 0 Å². The van der Waals surface area contributed by atoms with Crippen LogP contribution in [0.5, 0.6) is 0 Å². The topological polar surface area (TPSA) is 30.7 Å². The van der Waals surface area contributed by atoms with E-state index in [1.54, 1.807) is 0 Å². The molecule has 0 radical (unpaired) electrons. The fourth-order valence-corrected chi connectivity index (χ4v) is 8.05. The molecule has 2 heterocycles. The Morgan fingerprint density at radius 1 is 0.479 bits per heavy atom. The van der Waals surface area contributed by atoms with Gasteiger partial charge in [0.1, 0.15) is 0 Å². The molecule has 0 N–H and O–H groups in total. The Kier molecular flexibility index (Phi) is 5.63. The van der Waals surface area contributed by atoms with Gasteiger partial charge in [0, 0.05) is 27.1 Å². The second kappa shape index (κ2) is 9.97. The van der Waals surface area contributed by atoms with Crippen molar-refractivity contribution in [1.29, 1.82) is 0 Å². The molecule has 0 fully saturated rings. The third kappa shape index (κ3) is 3.82. The SMILES string of the molecule is CC1(C)c2ccccc2-c2ccc(-c3nc(-n4c5ccccc5c5c6cc(-c7ccccc7)ccc6ccc54)nc4ccccc34)cc21. The van der Waals surface area contributed by atoms with E-state index >= 15 is 0 Å². The Bertz CT molecular complexity index is 2750. The summed E-state index contributed by atoms with van der Waals surface area (Å²) < 4.78 is 2.25. The van der Waals surface area contributed by atoms with Gasteiger partial charge in [0.2, 0.25) is 5.95 Å². The molecule has 0 saturated carbocycles. The molecule has 226 valence electrons. The van der Waals surface area contributed by atoms with Crippen molar-refractivity contribution in [2.45, 2.75) is 19.3 Å². The van der Waals surface area contributed by atoms with E-state index in [0.717, 1.165) is 33.2 Å². The average molecular weight is 614 g/mol. The summed E-state index contributed by atoms with van der Waals surface area (Å²) in [6.07, 6.45) is 0. The third-order valence-electron chi connectivity index (χ3n) is 10.4. The molecule has 0 spiro atoms. The Morgan fingerprint density at radius 3 is 2.08 bits per heavy atom. The number of hydrogen-bond acceptors (Lipinski definition) is 2. The predicted octanol–water partition coefficient (Wildman–Crippen LogP) is 11.5. The number of nitrogens with zero attached hydrogens (tertiary/aromatic N) is 3. The summed E-state index contributed by atoms with van der Waals surface area (Å²) in [6, 6.07) is 54.6. The van der Waals surface area contributed by atoms with Crippen molar-refractivity contribution < 1.29 is 0 Å². The number of hydrogen-bond donors (Lipinski definition) is 0. The number of aromatic nitrogens is 3. The zero-order chi connectivity index (χ0) is 32.0. The zero-order valence-corrected chi connectivity index (χ0v) is 26.8. The second-order valence-electron chi connectivity index (χ2n) is 13.4. The minimum atomic E-state index is -0.0971. The van der Waals surface area contributed by atoms with Crippen molar-refractivity contribution >= 4 is 43.5 Å². The second-order valence-corrected chi connectivity index (χ2v) is 13.4. The van der Waals surface area contributed by atoms with Crippen LogP contribution in [0.1, 0.15) is 25.0 Å². The van der Waals surface area contributed by atoms with Crippen LogP contribution in [-0.2, 0) is 5.41 Å². The van der Waals surface area contributed by atoms with Crippen molar-refractivity contribution in [3.8, 4) is 39.5 Å². The standard InChI is InChI=1S/C45H31N3/c1-45(2)37-17-9-6-14-32(37)33-24-22-31(27-38(33)45)43-34-15-7-10-18-39(34)46-44(47-43)48-40-19-11-8-16-35(40)42-36-26-30(28-12-4-3-5-13-28)21-20-29(36)23-25-41(42)48/h3-27H,1-2H3. The van der Waals surface area contributed by atoms with Crippen molar-refractivity contribution in [2.24, 2.45) is 0 Å². The number of para-hydroxylation sites is 2. The summed E-state index contributed by atoms with van der Waals surface area (Å²) in [4.78, 5) is 10.7. The summed E-state index contributed by atoms with van der Waals surface area (Å²) in [7, 11) is 0. The van der Waals surface area contributed by atoms with Crippen LogP contribution in [-0.4, -0.2) is 14.5 Å². The van der Waals surface area contributed by atoms with Gasteiger partial charge in [0.25, 0.3) is 0 Å². The van der Waals surface area contributed by atoms with Gasteiger partial charge in [-0.1, -0.05) is 135 Å². The molecule has 48 heavy (non-hydrogen) atoms. The predicted molar refractivity (Wildman–Crippen MR) is 200 cm³/mol. The monoisotopic (exact) mass is 613 g/mol. The Morgan fingerprint density at radius 2 is 1.19 bits per heavy atom. The van der Waals surface area contributed by atoms with E-state index in [0.29, 0.717) is 5.95 Å². The van der Waals surface area contributed by atoms with E-state index in [1.165, 1.54) is 54.9 Å². The first kappa shape index (κ1) is 27.1. The first-order valence-corrected chi connectivity index (χ1v) is 16.6. The van der Waals surface area contributed by atoms with E-state index in [2.05, 4.69) is 170 Å². The van der Waals surface area contributed by atoms with Crippen LogP contribution in [0.25, 0.3) is 82.9 Å². The first-order valence-electron chi connectivity index (χ1n) is 16.6. The highest BCUT2D eigenvalue weighted by Crippen LogP contribution is 2.49. The van der Waals surface area contributed by atoms with E-state index in [9.17, 15) is 0 Å². The van der Waals surface area contributed by atoms with Gasteiger partial charge in [-0.3, -0.25) is 4.57 Å². The van der Waals surface area contributed by atoms with Gasteiger partial charge < -0.3 is 0 Å². The zero-order valence-electron chi connectivity index (χ0n) is 26.8. The lowest BCUT2D eigenvalue weighted by Crippen LogP contribution is -2.15. The van der Waals surface area contributed by atoms with E-state index in [1.807, 2.05) is 0 Å². The molecule has 2 aromatic heterocycles. The number of fused-ring (bicyclic) bond motifs is 9. The van der Waals surface area contributed by atoms with Crippen LogP contribution < -0.4 is 0 Å². The minimum Gasteiger partial charge on any atom is -0.278 e. The highest BCUT2D eigenvalue weighted by Gasteiger charge is 2.35. The minimum absolute atomic E-state index is 0.0971. The molecule has 0 atom stereocenters. The number of rotatable bonds is 3. The molecule has 3 heteroatoms. The third-order valence-corrected chi connectivity index (χ3v) is 10.4. The summed E-state index contributed by atoms with van der Waals surface area (Å²) in [6.45, 7) is 4.66. The molecule has 10 rings (SSSR count). The summed E-state index contributed by atoms with van der Waals surface area (Å²) in [5.41, 5.74) is 12.8. The lowest BCUT2D eigenvalue weighted by atomic mass is 9.82. The van der Waals surface area contributed by atoms with Gasteiger partial charge in [0.05, 0.1) is 22.2 Å². The van der Waals surface area contributed by atoms with E-state index in [-0.39, 0.29) is 5.41 Å². The van der Waals surface area contributed by atoms with Gasteiger partial charge in [-0.05, 0) is 74.5 Å². The molecule has 0 bridgehead atoms. The molecule has 0 unspecified atom stereocenters. The maximum absolute atomic E-state index is 5.43. The maximum Gasteiger partial charge on any atom is 0.235 e. The van der Waals surface area contributed by atoms with E-state index in [4.69, 9.17) is 9.97 Å². The van der Waals surface area contributed by atoms with Gasteiger partial charge in [0.15, 0.2) is 0 Å². The quantitative estimate of drug-likeness (QED) is 0.198. The van der Waals surface area contributed by atoms with Gasteiger partial charge in [-0.25, -0.2) is 9.97 Å². The van der Waals surface area contributed by atoms with E-state index < -0.39 is 0 Å². The van der Waals surface area contributed by atoms with Gasteiger partial charge >= 0.3 is 0 Å². The van der Waals surface area contributed by atoms with Crippen LogP contribution in [0.15, 0.2) is 152 Å². The van der Waals surface area contributed by atoms with Gasteiger partial charge in [-0.2, -0.15) is 0 Å². The molecule has 0 saturated heterocycles. The Labute approximate surface area is 278 Å². The fraction of sp³-hybridized carbons (Fsp3) is 0.0667. The normalized spacial score (nSPS) is 13.4. The molecule has 0 aliphatic heterocycles. The van der Waals surface area contributed by atoms with Crippen molar-refractivity contribution in [2.75, 3.05) is 0 Å². The van der Waals surface area contributed by atoms with Gasteiger partial charge in [-0.15, -0.1) is 0 Å². The largest absolute Gasteiger partial charge is 0.278 e. The fourth-order valence-electron chi connectivity index (χ4n) is 8.05. The van der Waals surface area contributed by atoms with Crippen LogP contribution in [0.2, 0.25) is 0 Å². The maximum atomic E-state index is 5.43. The van der Waals surface area contributed by atoms with Crippen molar-refractivity contribution in [3.05, 3.63) is 163 Å². The van der Waals surface area contributed by atoms with Crippen molar-refractivity contribution in [3.63, 3.8) is 0 Å². The molecule has 9 aromatic rings. The summed E-state index contributed by atoms with van der Waals surface area (Å²) in [5, 5.41) is 5.90. The molecule has 3 nitrogen and oxygen atoms in total. The molecule has 0 amide bonds. The Balaban J connectivity index is 1.24. The molecule has 7 aromatic carbocycles. The highest BCUT2D eigenvalue weighted by atomic mass is 15.2. The number of benzene rings is 7. The van der Waals surface area contributed by atoms with Crippen molar-refractivity contribution in [1.82, 2.24) is 14.5 Å².